The summed E-state index contributed by atoms with van der Waals surface area (Å²) in [6.07, 6.45) is 2.34. The molecule has 4 N–H and O–H groups in total. The first kappa shape index (κ1) is 44.0. The first-order valence-electron chi connectivity index (χ1n) is 22.1. The summed E-state index contributed by atoms with van der Waals surface area (Å²) >= 11 is 0. The van der Waals surface area contributed by atoms with Crippen molar-refractivity contribution in [2.45, 2.75) is 70.2 Å². The number of aromatic amines is 2. The summed E-state index contributed by atoms with van der Waals surface area (Å²) in [7, 11) is 4.15. The molecular formula is C49H52N8O9. The molecule has 0 spiro atoms. The summed E-state index contributed by atoms with van der Waals surface area (Å²) in [4.78, 5) is 86.9. The highest BCUT2D eigenvalue weighted by molar-refractivity contribution is 6.14. The zero-order valence-electron chi connectivity index (χ0n) is 37.5. The van der Waals surface area contributed by atoms with Crippen molar-refractivity contribution in [1.82, 2.24) is 40.4 Å². The molecule has 9 rings (SSSR count). The molecule has 3 aromatic heterocycles. The van der Waals surface area contributed by atoms with Gasteiger partial charge in [-0.2, -0.15) is 0 Å². The first-order valence-corrected chi connectivity index (χ1v) is 22.1. The zero-order chi connectivity index (χ0) is 46.4. The predicted octanol–water partition coefficient (Wildman–Crippen LogP) is 7.43. The van der Waals surface area contributed by atoms with Gasteiger partial charge in [0.1, 0.15) is 29.3 Å². The van der Waals surface area contributed by atoms with Gasteiger partial charge >= 0.3 is 17.8 Å². The van der Waals surface area contributed by atoms with E-state index in [9.17, 15) is 24.0 Å². The van der Waals surface area contributed by atoms with Crippen LogP contribution in [0.25, 0.3) is 54.8 Å². The molecule has 2 aliphatic rings. The maximum absolute atomic E-state index is 14.3. The number of rotatable bonds is 11. The molecule has 342 valence electrons. The monoisotopic (exact) mass is 896 g/mol. The van der Waals surface area contributed by atoms with Gasteiger partial charge in [0, 0.05) is 42.0 Å². The molecule has 5 heterocycles. The molecule has 2 aliphatic heterocycles. The van der Waals surface area contributed by atoms with Crippen molar-refractivity contribution >= 4 is 67.5 Å². The number of hydrogen-bond acceptors (Lipinski definition) is 11. The average molecular weight is 897 g/mol. The van der Waals surface area contributed by atoms with Crippen LogP contribution < -0.4 is 16.3 Å². The van der Waals surface area contributed by atoms with Crippen LogP contribution in [-0.2, 0) is 23.8 Å². The normalized spacial score (nSPS) is 19.5. The number of ether oxygens (including phenoxy) is 3. The van der Waals surface area contributed by atoms with E-state index >= 15 is 0 Å². The number of amides is 4. The maximum Gasteiger partial charge on any atom is 0.407 e. The lowest BCUT2D eigenvalue weighted by atomic mass is 10.0. The number of benzene rings is 4. The van der Waals surface area contributed by atoms with Gasteiger partial charge in [0.15, 0.2) is 0 Å². The largest absolute Gasteiger partial charge is 0.453 e. The number of hydrogen-bond donors (Lipinski definition) is 4. The SMILES string of the molecule is COC[C@H]1C[C@@H](c2ncc(-c3ccc4c(c3)c(=O)oc3cc5c(ccc6nc([C@@H]7CC[C@H](C)N7C(=O)[C@@H](NC(=O)OC)C(C)C)[nH]c65)cc34)[nH]2)N(C(=O)[C@H](NC(=O)OC)c2ccccc2)C1. The minimum Gasteiger partial charge on any atom is -0.453 e. The van der Waals surface area contributed by atoms with E-state index in [1.54, 1.807) is 48.5 Å². The molecule has 2 saturated heterocycles. The molecule has 17 heteroatoms. The number of alkyl carbamates (subject to hydrolysis) is 2. The Kier molecular flexibility index (Phi) is 12.0. The van der Waals surface area contributed by atoms with Gasteiger partial charge in [0.25, 0.3) is 5.91 Å². The molecule has 17 nitrogen and oxygen atoms in total. The van der Waals surface area contributed by atoms with E-state index in [1.165, 1.54) is 14.2 Å². The molecule has 7 aromatic rings. The van der Waals surface area contributed by atoms with Crippen LogP contribution in [0, 0.1) is 11.8 Å². The Morgan fingerprint density at radius 2 is 1.61 bits per heavy atom. The van der Waals surface area contributed by atoms with Gasteiger partial charge < -0.3 is 49.0 Å². The van der Waals surface area contributed by atoms with Crippen molar-refractivity contribution in [2.24, 2.45) is 11.8 Å². The van der Waals surface area contributed by atoms with E-state index in [0.717, 1.165) is 28.1 Å². The molecule has 0 unspecified atom stereocenters. The Balaban J connectivity index is 1.02. The number of fused-ring (bicyclic) bond motifs is 6. The number of likely N-dealkylation sites (tertiary alicyclic amines) is 2. The molecule has 0 saturated carbocycles. The van der Waals surface area contributed by atoms with Crippen molar-refractivity contribution in [1.29, 1.82) is 0 Å². The quantitative estimate of drug-likeness (QED) is 0.0569. The first-order chi connectivity index (χ1) is 31.9. The molecule has 66 heavy (non-hydrogen) atoms. The van der Waals surface area contributed by atoms with E-state index < -0.39 is 35.9 Å². The van der Waals surface area contributed by atoms with E-state index in [-0.39, 0.29) is 35.7 Å². The lowest BCUT2D eigenvalue weighted by Crippen LogP contribution is -2.52. The topological polar surface area (TPSA) is 214 Å². The lowest BCUT2D eigenvalue weighted by molar-refractivity contribution is -0.137. The van der Waals surface area contributed by atoms with Gasteiger partial charge in [-0.05, 0) is 72.7 Å². The predicted molar refractivity (Wildman–Crippen MR) is 246 cm³/mol. The highest BCUT2D eigenvalue weighted by Crippen LogP contribution is 2.40. The van der Waals surface area contributed by atoms with E-state index in [2.05, 4.69) is 20.6 Å². The van der Waals surface area contributed by atoms with E-state index in [0.29, 0.717) is 76.3 Å². The van der Waals surface area contributed by atoms with Gasteiger partial charge in [0.2, 0.25) is 5.91 Å². The van der Waals surface area contributed by atoms with Gasteiger partial charge in [-0.25, -0.2) is 24.4 Å². The van der Waals surface area contributed by atoms with Crippen LogP contribution in [0.1, 0.15) is 75.4 Å². The van der Waals surface area contributed by atoms with Gasteiger partial charge in [0.05, 0.1) is 61.2 Å². The molecule has 4 amide bonds. The van der Waals surface area contributed by atoms with Gasteiger partial charge in [-0.1, -0.05) is 62.4 Å². The van der Waals surface area contributed by atoms with Crippen LogP contribution in [0.4, 0.5) is 9.59 Å². The van der Waals surface area contributed by atoms with Crippen LogP contribution in [0.2, 0.25) is 0 Å². The van der Waals surface area contributed by atoms with Crippen molar-refractivity contribution in [3.63, 3.8) is 0 Å². The maximum atomic E-state index is 14.3. The summed E-state index contributed by atoms with van der Waals surface area (Å²) in [5, 5.41) is 8.99. The van der Waals surface area contributed by atoms with Crippen molar-refractivity contribution in [3.8, 4) is 11.3 Å². The lowest BCUT2D eigenvalue weighted by Gasteiger charge is -2.32. The zero-order valence-corrected chi connectivity index (χ0v) is 37.5. The fourth-order valence-electron chi connectivity index (χ4n) is 9.77. The standard InChI is InChI=1S/C49H52N8O9/c1-25(2)40(54-48(61)64-5)46(59)57-26(3)12-17-37(57)44-51-35-16-14-29-19-33-31-15-13-30(20-34(31)47(60)66-39(33)21-32(29)42(35)53-44)36-22-50-43(52-36)38-18-27(24-63-4)23-56(38)45(58)41(55-49(62)65-6)28-10-8-7-9-11-28/h7-11,13-16,19-22,25-27,37-38,40-41H,12,17-18,23-24H2,1-6H3,(H,50,52)(H,51,53)(H,54,61)(H,55,62)/t26-,27-,37-,38-,40-,41+/m0/s1. The third-order valence-electron chi connectivity index (χ3n) is 13.1. The minimum absolute atomic E-state index is 0.0196. The number of nitrogens with zero attached hydrogens (tertiary/aromatic N) is 4. The fourth-order valence-corrected chi connectivity index (χ4v) is 9.77. The second kappa shape index (κ2) is 18.0. The summed E-state index contributed by atoms with van der Waals surface area (Å²) < 4.78 is 21.2. The minimum atomic E-state index is -0.988. The van der Waals surface area contributed by atoms with E-state index in [1.807, 2.05) is 68.1 Å². The molecule has 0 radical (unpaired) electrons. The number of methoxy groups -OCH3 is 3. The van der Waals surface area contributed by atoms with Crippen LogP contribution in [0.15, 0.2) is 88.2 Å². The van der Waals surface area contributed by atoms with Crippen LogP contribution >= 0.6 is 0 Å². The third-order valence-corrected chi connectivity index (χ3v) is 13.1. The van der Waals surface area contributed by atoms with E-state index in [4.69, 9.17) is 28.6 Å². The molecule has 0 aliphatic carbocycles. The molecular weight excluding hydrogens is 845 g/mol. The van der Waals surface area contributed by atoms with Crippen LogP contribution in [0.5, 0.6) is 0 Å². The number of imidazole rings is 2. The summed E-state index contributed by atoms with van der Waals surface area (Å²) in [6.45, 7) is 6.59. The summed E-state index contributed by atoms with van der Waals surface area (Å²) in [5.41, 5.74) is 3.32. The van der Waals surface area contributed by atoms with Crippen molar-refractivity contribution < 1.29 is 37.8 Å². The Bertz CT molecular complexity index is 3050. The number of carbonyl (C=O) groups excluding carboxylic acids is 4. The average Bonchev–Trinajstić information content (AvgIpc) is 4.15. The fraction of sp³-hybridized carbons (Fsp3) is 0.367. The van der Waals surface area contributed by atoms with Crippen molar-refractivity contribution in [2.75, 3.05) is 34.5 Å². The highest BCUT2D eigenvalue weighted by Gasteiger charge is 2.43. The molecule has 4 aromatic carbocycles. The van der Waals surface area contributed by atoms with Gasteiger partial charge in [-0.3, -0.25) is 9.59 Å². The molecule has 6 atom stereocenters. The Morgan fingerprint density at radius 3 is 2.35 bits per heavy atom. The highest BCUT2D eigenvalue weighted by atomic mass is 16.5. The number of carbonyl (C=O) groups is 4. The molecule has 2 fully saturated rings. The Hall–Kier alpha value is -7.27. The third kappa shape index (κ3) is 8.07. The summed E-state index contributed by atoms with van der Waals surface area (Å²) in [6, 6.07) is 19.8. The van der Waals surface area contributed by atoms with Gasteiger partial charge in [-0.15, -0.1) is 0 Å². The number of H-pyrrole nitrogens is 2. The van der Waals surface area contributed by atoms with Crippen LogP contribution in [0.3, 0.4) is 0 Å². The number of aromatic nitrogens is 4. The number of nitrogens with one attached hydrogen (secondary N) is 4. The Labute approximate surface area is 379 Å². The summed E-state index contributed by atoms with van der Waals surface area (Å²) in [5.74, 6) is 0.542. The second-order valence-corrected chi connectivity index (χ2v) is 17.6. The second-order valence-electron chi connectivity index (χ2n) is 17.6. The smallest absolute Gasteiger partial charge is 0.407 e. The Morgan fingerprint density at radius 1 is 0.833 bits per heavy atom. The van der Waals surface area contributed by atoms with Crippen molar-refractivity contribution in [3.05, 3.63) is 107 Å². The van der Waals surface area contributed by atoms with Crippen LogP contribution in [-0.4, -0.2) is 100 Å². The molecule has 0 bridgehead atoms.